The van der Waals surface area contributed by atoms with Crippen molar-refractivity contribution in [1.29, 1.82) is 0 Å². The zero-order valence-corrected chi connectivity index (χ0v) is 16.2. The Bertz CT molecular complexity index is 829. The molecule has 1 N–H and O–H groups in total. The summed E-state index contributed by atoms with van der Waals surface area (Å²) in [6.07, 6.45) is 4.12. The second-order valence-corrected chi connectivity index (χ2v) is 9.62. The molecule has 1 saturated carbocycles. The Morgan fingerprint density at radius 1 is 1.19 bits per heavy atom. The van der Waals surface area contributed by atoms with E-state index in [9.17, 15) is 23.1 Å². The van der Waals surface area contributed by atoms with Gasteiger partial charge in [0.15, 0.2) is 16.4 Å². The van der Waals surface area contributed by atoms with E-state index >= 15 is 0 Å². The van der Waals surface area contributed by atoms with Gasteiger partial charge in [-0.25, -0.2) is 13.2 Å². The molecule has 1 aliphatic carbocycles. The monoisotopic (exact) mass is 395 g/mol. The molecule has 0 bridgehead atoms. The van der Waals surface area contributed by atoms with Gasteiger partial charge >= 0.3 is 5.97 Å². The predicted molar refractivity (Wildman–Crippen MR) is 99.3 cm³/mol. The van der Waals surface area contributed by atoms with Gasteiger partial charge in [0.25, 0.3) is 5.91 Å². The average Bonchev–Trinajstić information content (AvgIpc) is 3.25. The van der Waals surface area contributed by atoms with Crippen molar-refractivity contribution in [3.63, 3.8) is 0 Å². The number of ether oxygens (including phenoxy) is 1. The zero-order valence-electron chi connectivity index (χ0n) is 15.4. The van der Waals surface area contributed by atoms with Crippen molar-refractivity contribution in [3.05, 3.63) is 29.3 Å². The van der Waals surface area contributed by atoms with Crippen molar-refractivity contribution in [2.45, 2.75) is 51.1 Å². The molecule has 8 heteroatoms. The SMILES string of the molecule is Cc1ccc(O)c(C(=O)OCC(=O)N(C2CCCC2)[C@@H]2CCS(=O)(=O)C2)c1. The number of benzene rings is 1. The van der Waals surface area contributed by atoms with Crippen molar-refractivity contribution < 1.29 is 27.9 Å². The Morgan fingerprint density at radius 2 is 1.89 bits per heavy atom. The fraction of sp³-hybridized carbons (Fsp3) is 0.579. The Hall–Kier alpha value is -2.09. The van der Waals surface area contributed by atoms with E-state index in [0.717, 1.165) is 31.2 Å². The first-order valence-electron chi connectivity index (χ1n) is 9.25. The molecule has 1 aromatic rings. The first-order valence-corrected chi connectivity index (χ1v) is 11.1. The largest absolute Gasteiger partial charge is 0.507 e. The Morgan fingerprint density at radius 3 is 2.52 bits per heavy atom. The Labute approximate surface area is 159 Å². The number of hydrogen-bond donors (Lipinski definition) is 1. The fourth-order valence-corrected chi connectivity index (χ4v) is 5.69. The van der Waals surface area contributed by atoms with E-state index in [0.29, 0.717) is 6.42 Å². The van der Waals surface area contributed by atoms with Crippen LogP contribution in [-0.2, 0) is 19.4 Å². The first-order chi connectivity index (χ1) is 12.8. The number of carbonyl (C=O) groups is 2. The number of amides is 1. The van der Waals surface area contributed by atoms with Crippen LogP contribution in [0, 0.1) is 6.92 Å². The van der Waals surface area contributed by atoms with Crippen molar-refractivity contribution in [3.8, 4) is 5.75 Å². The summed E-state index contributed by atoms with van der Waals surface area (Å²) in [4.78, 5) is 26.7. The summed E-state index contributed by atoms with van der Waals surface area (Å²) in [5.41, 5.74) is 0.800. The smallest absolute Gasteiger partial charge is 0.342 e. The topological polar surface area (TPSA) is 101 Å². The Balaban J connectivity index is 1.69. The van der Waals surface area contributed by atoms with Gasteiger partial charge in [-0.15, -0.1) is 0 Å². The third kappa shape index (κ3) is 4.61. The minimum absolute atomic E-state index is 0.00174. The van der Waals surface area contributed by atoms with Gasteiger partial charge in [0.1, 0.15) is 11.3 Å². The van der Waals surface area contributed by atoms with E-state index in [2.05, 4.69) is 0 Å². The van der Waals surface area contributed by atoms with Gasteiger partial charge in [-0.05, 0) is 38.3 Å². The highest BCUT2D eigenvalue weighted by Crippen LogP contribution is 2.29. The third-order valence-electron chi connectivity index (χ3n) is 5.31. The Kier molecular flexibility index (Phi) is 5.74. The normalized spacial score (nSPS) is 21.9. The molecule has 1 heterocycles. The molecule has 27 heavy (non-hydrogen) atoms. The number of rotatable bonds is 5. The average molecular weight is 395 g/mol. The van der Waals surface area contributed by atoms with Gasteiger partial charge < -0.3 is 14.7 Å². The third-order valence-corrected chi connectivity index (χ3v) is 7.06. The number of hydrogen-bond acceptors (Lipinski definition) is 6. The predicted octanol–water partition coefficient (Wildman–Crippen LogP) is 1.82. The van der Waals surface area contributed by atoms with Crippen LogP contribution in [0.15, 0.2) is 18.2 Å². The lowest BCUT2D eigenvalue weighted by molar-refractivity contribution is -0.139. The van der Waals surface area contributed by atoms with Crippen LogP contribution < -0.4 is 0 Å². The van der Waals surface area contributed by atoms with Gasteiger partial charge in [0.2, 0.25) is 0 Å². The van der Waals surface area contributed by atoms with Crippen LogP contribution in [0.1, 0.15) is 48.0 Å². The summed E-state index contributed by atoms with van der Waals surface area (Å²) in [5.74, 6) is -1.28. The minimum atomic E-state index is -3.12. The van der Waals surface area contributed by atoms with Gasteiger partial charge in [-0.3, -0.25) is 4.79 Å². The van der Waals surface area contributed by atoms with Crippen LogP contribution >= 0.6 is 0 Å². The summed E-state index contributed by atoms with van der Waals surface area (Å²) in [7, 11) is -3.12. The molecule has 1 aromatic carbocycles. The summed E-state index contributed by atoms with van der Waals surface area (Å²) < 4.78 is 28.8. The molecule has 1 aliphatic heterocycles. The van der Waals surface area contributed by atoms with Crippen molar-refractivity contribution in [2.75, 3.05) is 18.1 Å². The fourth-order valence-electron chi connectivity index (χ4n) is 3.98. The van der Waals surface area contributed by atoms with Crippen molar-refractivity contribution in [1.82, 2.24) is 4.90 Å². The number of carbonyl (C=O) groups excluding carboxylic acids is 2. The molecule has 1 atom stereocenters. The van der Waals surface area contributed by atoms with Crippen LogP contribution in [0.3, 0.4) is 0 Å². The molecular weight excluding hydrogens is 370 g/mol. The number of aryl methyl sites for hydroxylation is 1. The summed E-state index contributed by atoms with van der Waals surface area (Å²) in [5, 5.41) is 9.82. The van der Waals surface area contributed by atoms with Gasteiger partial charge in [-0.2, -0.15) is 0 Å². The molecular formula is C19H25NO6S. The van der Waals surface area contributed by atoms with Crippen LogP contribution in [0.25, 0.3) is 0 Å². The van der Waals surface area contributed by atoms with E-state index in [1.165, 1.54) is 12.1 Å². The number of sulfone groups is 1. The van der Waals surface area contributed by atoms with Crippen LogP contribution in [0.5, 0.6) is 5.75 Å². The van der Waals surface area contributed by atoms with E-state index < -0.39 is 22.4 Å². The quantitative estimate of drug-likeness (QED) is 0.763. The number of esters is 1. The molecule has 1 saturated heterocycles. The first kappa shape index (κ1) is 19.7. The maximum Gasteiger partial charge on any atom is 0.342 e. The van der Waals surface area contributed by atoms with E-state index in [4.69, 9.17) is 4.74 Å². The highest BCUT2D eigenvalue weighted by atomic mass is 32.2. The number of nitrogens with zero attached hydrogens (tertiary/aromatic N) is 1. The summed E-state index contributed by atoms with van der Waals surface area (Å²) in [6.45, 7) is 1.32. The molecule has 2 fully saturated rings. The number of aromatic hydroxyl groups is 1. The maximum atomic E-state index is 12.8. The summed E-state index contributed by atoms with van der Waals surface area (Å²) in [6, 6.07) is 4.22. The van der Waals surface area contributed by atoms with Gasteiger partial charge in [0.05, 0.1) is 11.5 Å². The van der Waals surface area contributed by atoms with Crippen molar-refractivity contribution in [2.24, 2.45) is 0 Å². The van der Waals surface area contributed by atoms with Crippen LogP contribution in [0.4, 0.5) is 0 Å². The molecule has 0 aromatic heterocycles. The highest BCUT2D eigenvalue weighted by molar-refractivity contribution is 7.91. The lowest BCUT2D eigenvalue weighted by Gasteiger charge is -2.33. The maximum absolute atomic E-state index is 12.8. The van der Waals surface area contributed by atoms with E-state index in [1.54, 1.807) is 17.9 Å². The van der Waals surface area contributed by atoms with Crippen LogP contribution in [0.2, 0.25) is 0 Å². The molecule has 1 amide bonds. The van der Waals surface area contributed by atoms with Gasteiger partial charge in [-0.1, -0.05) is 24.5 Å². The highest BCUT2D eigenvalue weighted by Gasteiger charge is 2.39. The van der Waals surface area contributed by atoms with Crippen molar-refractivity contribution >= 4 is 21.7 Å². The van der Waals surface area contributed by atoms with Crippen LogP contribution in [-0.4, -0.2) is 60.5 Å². The molecule has 2 aliphatic rings. The summed E-state index contributed by atoms with van der Waals surface area (Å²) >= 11 is 0. The standard InChI is InChI=1S/C19H25NO6S/c1-13-6-7-17(21)16(10-13)19(23)26-11-18(22)20(14-4-2-3-5-14)15-8-9-27(24,25)12-15/h6-7,10,14-15,21H,2-5,8-9,11-12H2,1H3/t15-/m1/s1. The molecule has 0 radical (unpaired) electrons. The minimum Gasteiger partial charge on any atom is -0.507 e. The number of phenols is 1. The lowest BCUT2D eigenvalue weighted by atomic mass is 10.1. The molecule has 0 unspecified atom stereocenters. The lowest BCUT2D eigenvalue weighted by Crippen LogP contribution is -2.48. The zero-order chi connectivity index (χ0) is 19.6. The second-order valence-electron chi connectivity index (χ2n) is 7.39. The molecule has 3 rings (SSSR count). The molecule has 148 valence electrons. The molecule has 7 nitrogen and oxygen atoms in total. The van der Waals surface area contributed by atoms with Gasteiger partial charge in [0, 0.05) is 12.1 Å². The number of phenolic OH excluding ortho intramolecular Hbond substituents is 1. The second kappa shape index (κ2) is 7.88. The molecule has 0 spiro atoms. The van der Waals surface area contributed by atoms with E-state index in [-0.39, 0.29) is 40.8 Å². The van der Waals surface area contributed by atoms with E-state index in [1.807, 2.05) is 0 Å².